The predicted octanol–water partition coefficient (Wildman–Crippen LogP) is 2.95. The number of benzene rings is 2. The van der Waals surface area contributed by atoms with Gasteiger partial charge in [-0.3, -0.25) is 4.79 Å². The summed E-state index contributed by atoms with van der Waals surface area (Å²) in [6.07, 6.45) is 0. The van der Waals surface area contributed by atoms with Crippen molar-refractivity contribution < 1.29 is 9.18 Å². The molecule has 0 saturated heterocycles. The van der Waals surface area contributed by atoms with E-state index in [2.05, 4.69) is 5.32 Å². The van der Waals surface area contributed by atoms with Crippen LogP contribution in [0.3, 0.4) is 0 Å². The third-order valence-electron chi connectivity index (χ3n) is 3.33. The third-order valence-corrected chi connectivity index (χ3v) is 3.33. The number of anilines is 1. The molecule has 3 N–H and O–H groups in total. The first kappa shape index (κ1) is 14.1. The monoisotopic (exact) mass is 272 g/mol. The van der Waals surface area contributed by atoms with Gasteiger partial charge in [0.1, 0.15) is 11.4 Å². The van der Waals surface area contributed by atoms with Crippen molar-refractivity contribution in [2.24, 2.45) is 5.73 Å². The van der Waals surface area contributed by atoms with Gasteiger partial charge in [0.05, 0.1) is 0 Å². The summed E-state index contributed by atoms with van der Waals surface area (Å²) in [6.45, 7) is 3.65. The molecule has 2 aromatic rings. The van der Waals surface area contributed by atoms with Crippen LogP contribution in [0.5, 0.6) is 0 Å². The lowest BCUT2D eigenvalue weighted by atomic mass is 9.90. The Labute approximate surface area is 117 Å². The Morgan fingerprint density at radius 2 is 1.85 bits per heavy atom. The first-order valence-corrected chi connectivity index (χ1v) is 6.32. The van der Waals surface area contributed by atoms with Crippen LogP contribution in [-0.4, -0.2) is 5.91 Å². The van der Waals surface area contributed by atoms with E-state index in [-0.39, 0.29) is 5.82 Å². The maximum atomic E-state index is 13.0. The van der Waals surface area contributed by atoms with Gasteiger partial charge in [0.15, 0.2) is 0 Å². The molecule has 0 saturated carbocycles. The number of aryl methyl sites for hydroxylation is 1. The number of carbonyl (C=O) groups excluding carboxylic acids is 1. The van der Waals surface area contributed by atoms with E-state index in [4.69, 9.17) is 5.73 Å². The van der Waals surface area contributed by atoms with Gasteiger partial charge in [-0.2, -0.15) is 0 Å². The molecule has 0 aliphatic rings. The number of hydrogen-bond donors (Lipinski definition) is 2. The SMILES string of the molecule is Cc1cccc(NC(C)(C(N)=O)c2ccc(F)cc2)c1. The number of carbonyl (C=O) groups is 1. The highest BCUT2D eigenvalue weighted by atomic mass is 19.1. The van der Waals surface area contributed by atoms with Crippen LogP contribution >= 0.6 is 0 Å². The summed E-state index contributed by atoms with van der Waals surface area (Å²) in [7, 11) is 0. The topological polar surface area (TPSA) is 55.1 Å². The molecule has 2 aromatic carbocycles. The maximum absolute atomic E-state index is 13.0. The molecule has 0 bridgehead atoms. The molecule has 1 atom stereocenters. The Morgan fingerprint density at radius 1 is 1.20 bits per heavy atom. The van der Waals surface area contributed by atoms with E-state index < -0.39 is 11.4 Å². The summed E-state index contributed by atoms with van der Waals surface area (Å²) in [4.78, 5) is 11.9. The molecule has 0 fully saturated rings. The first-order chi connectivity index (χ1) is 9.41. The van der Waals surface area contributed by atoms with Crippen LogP contribution in [-0.2, 0) is 10.3 Å². The van der Waals surface area contributed by atoms with Crippen molar-refractivity contribution in [1.82, 2.24) is 0 Å². The molecule has 1 amide bonds. The molecular formula is C16H17FN2O. The quantitative estimate of drug-likeness (QED) is 0.899. The summed E-state index contributed by atoms with van der Waals surface area (Å²) >= 11 is 0. The Hall–Kier alpha value is -2.36. The van der Waals surface area contributed by atoms with Gasteiger partial charge in [-0.1, -0.05) is 24.3 Å². The van der Waals surface area contributed by atoms with Crippen LogP contribution in [0.4, 0.5) is 10.1 Å². The van der Waals surface area contributed by atoms with E-state index >= 15 is 0 Å². The molecule has 0 aliphatic carbocycles. The lowest BCUT2D eigenvalue weighted by Gasteiger charge is -2.29. The molecular weight excluding hydrogens is 255 g/mol. The minimum Gasteiger partial charge on any atom is -0.368 e. The Kier molecular flexibility index (Phi) is 3.74. The molecule has 0 spiro atoms. The van der Waals surface area contributed by atoms with Crippen molar-refractivity contribution in [2.45, 2.75) is 19.4 Å². The molecule has 2 rings (SSSR count). The molecule has 20 heavy (non-hydrogen) atoms. The lowest BCUT2D eigenvalue weighted by molar-refractivity contribution is -0.122. The second-order valence-corrected chi connectivity index (χ2v) is 4.99. The lowest BCUT2D eigenvalue weighted by Crippen LogP contribution is -2.45. The number of nitrogens with one attached hydrogen (secondary N) is 1. The fraction of sp³-hybridized carbons (Fsp3) is 0.188. The summed E-state index contributed by atoms with van der Waals surface area (Å²) in [5.41, 5.74) is 6.91. The van der Waals surface area contributed by atoms with E-state index in [1.54, 1.807) is 19.1 Å². The van der Waals surface area contributed by atoms with Crippen LogP contribution in [0, 0.1) is 12.7 Å². The van der Waals surface area contributed by atoms with Gasteiger partial charge in [0.25, 0.3) is 0 Å². The minimum atomic E-state index is -1.10. The minimum absolute atomic E-state index is 0.351. The van der Waals surface area contributed by atoms with Gasteiger partial charge in [-0.25, -0.2) is 4.39 Å². The molecule has 104 valence electrons. The average molecular weight is 272 g/mol. The smallest absolute Gasteiger partial charge is 0.247 e. The molecule has 0 radical (unpaired) electrons. The van der Waals surface area contributed by atoms with E-state index in [0.29, 0.717) is 5.56 Å². The van der Waals surface area contributed by atoms with E-state index in [0.717, 1.165) is 11.3 Å². The second-order valence-electron chi connectivity index (χ2n) is 4.99. The van der Waals surface area contributed by atoms with Gasteiger partial charge in [0.2, 0.25) is 5.91 Å². The van der Waals surface area contributed by atoms with Gasteiger partial charge < -0.3 is 11.1 Å². The molecule has 0 heterocycles. The highest BCUT2D eigenvalue weighted by Gasteiger charge is 2.33. The zero-order valence-electron chi connectivity index (χ0n) is 11.5. The Morgan fingerprint density at radius 3 is 2.40 bits per heavy atom. The number of hydrogen-bond acceptors (Lipinski definition) is 2. The largest absolute Gasteiger partial charge is 0.368 e. The van der Waals surface area contributed by atoms with Crippen molar-refractivity contribution in [1.29, 1.82) is 0 Å². The second kappa shape index (κ2) is 5.33. The molecule has 3 nitrogen and oxygen atoms in total. The molecule has 4 heteroatoms. The number of primary amides is 1. The van der Waals surface area contributed by atoms with Gasteiger partial charge >= 0.3 is 0 Å². The van der Waals surface area contributed by atoms with Gasteiger partial charge in [0, 0.05) is 5.69 Å². The van der Waals surface area contributed by atoms with Gasteiger partial charge in [-0.05, 0) is 49.2 Å². The predicted molar refractivity (Wildman–Crippen MR) is 77.7 cm³/mol. The van der Waals surface area contributed by atoms with Crippen molar-refractivity contribution >= 4 is 11.6 Å². The molecule has 1 unspecified atom stereocenters. The summed E-state index contributed by atoms with van der Waals surface area (Å²) in [5.74, 6) is -0.873. The molecule has 0 aliphatic heterocycles. The summed E-state index contributed by atoms with van der Waals surface area (Å²) in [5, 5.41) is 3.13. The number of amides is 1. The third kappa shape index (κ3) is 2.79. The standard InChI is InChI=1S/C16H17FN2O/c1-11-4-3-5-14(10-11)19-16(2,15(18)20)12-6-8-13(17)9-7-12/h3-10,19H,1-2H3,(H2,18,20). The van der Waals surface area contributed by atoms with E-state index in [1.807, 2.05) is 31.2 Å². The van der Waals surface area contributed by atoms with Crippen molar-refractivity contribution in [3.05, 3.63) is 65.5 Å². The van der Waals surface area contributed by atoms with Crippen LogP contribution in [0.15, 0.2) is 48.5 Å². The number of nitrogens with two attached hydrogens (primary N) is 1. The zero-order chi connectivity index (χ0) is 14.8. The Bertz CT molecular complexity index is 625. The van der Waals surface area contributed by atoms with Crippen molar-refractivity contribution in [3.63, 3.8) is 0 Å². The zero-order valence-corrected chi connectivity index (χ0v) is 11.5. The van der Waals surface area contributed by atoms with Crippen LogP contribution in [0.1, 0.15) is 18.1 Å². The highest BCUT2D eigenvalue weighted by Crippen LogP contribution is 2.26. The average Bonchev–Trinajstić information content (AvgIpc) is 2.39. The summed E-state index contributed by atoms with van der Waals surface area (Å²) < 4.78 is 13.0. The fourth-order valence-electron chi connectivity index (χ4n) is 2.07. The normalized spacial score (nSPS) is 13.6. The highest BCUT2D eigenvalue weighted by molar-refractivity contribution is 5.89. The van der Waals surface area contributed by atoms with Crippen LogP contribution < -0.4 is 11.1 Å². The van der Waals surface area contributed by atoms with Crippen molar-refractivity contribution in [2.75, 3.05) is 5.32 Å². The van der Waals surface area contributed by atoms with Crippen LogP contribution in [0.2, 0.25) is 0 Å². The van der Waals surface area contributed by atoms with Crippen LogP contribution in [0.25, 0.3) is 0 Å². The number of halogens is 1. The van der Waals surface area contributed by atoms with E-state index in [9.17, 15) is 9.18 Å². The Balaban J connectivity index is 2.39. The fourth-order valence-corrected chi connectivity index (χ4v) is 2.07. The maximum Gasteiger partial charge on any atom is 0.247 e. The summed E-state index contributed by atoms with van der Waals surface area (Å²) in [6, 6.07) is 13.4. The van der Waals surface area contributed by atoms with Crippen molar-refractivity contribution in [3.8, 4) is 0 Å². The first-order valence-electron chi connectivity index (χ1n) is 6.32. The van der Waals surface area contributed by atoms with E-state index in [1.165, 1.54) is 12.1 Å². The molecule has 0 aromatic heterocycles. The van der Waals surface area contributed by atoms with Gasteiger partial charge in [-0.15, -0.1) is 0 Å². The number of rotatable bonds is 4.